The van der Waals surface area contributed by atoms with E-state index in [0.29, 0.717) is 23.0 Å². The first-order valence-corrected chi connectivity index (χ1v) is 11.9. The molecule has 0 fully saturated rings. The molecule has 190 valence electrons. The quantitative estimate of drug-likeness (QED) is 0.376. The molecule has 4 aromatic rings. The number of methoxy groups -OCH3 is 1. The van der Waals surface area contributed by atoms with Crippen LogP contribution in [0.15, 0.2) is 83.7 Å². The van der Waals surface area contributed by atoms with Crippen molar-refractivity contribution in [1.29, 1.82) is 0 Å². The van der Waals surface area contributed by atoms with Crippen molar-refractivity contribution in [3.05, 3.63) is 106 Å². The van der Waals surface area contributed by atoms with Gasteiger partial charge in [-0.3, -0.25) is 9.36 Å². The number of para-hydroxylation sites is 2. The number of esters is 1. The largest absolute Gasteiger partial charge is 0.465 e. The number of nitrogens with one attached hydrogen (secondary N) is 1. The lowest BCUT2D eigenvalue weighted by atomic mass is 10.0. The lowest BCUT2D eigenvalue weighted by Crippen LogP contribution is -2.39. The maximum Gasteiger partial charge on any atom is 0.408 e. The Bertz CT molecular complexity index is 1490. The molecule has 1 N–H and O–H groups in total. The summed E-state index contributed by atoms with van der Waals surface area (Å²) in [5.41, 5.74) is 0.783. The third-order valence-corrected chi connectivity index (χ3v) is 5.64. The van der Waals surface area contributed by atoms with Gasteiger partial charge in [0.1, 0.15) is 11.4 Å². The van der Waals surface area contributed by atoms with Crippen molar-refractivity contribution >= 4 is 23.0 Å². The van der Waals surface area contributed by atoms with Crippen LogP contribution in [0.4, 0.5) is 4.79 Å². The fourth-order valence-corrected chi connectivity index (χ4v) is 4.07. The van der Waals surface area contributed by atoms with E-state index in [-0.39, 0.29) is 16.9 Å². The highest BCUT2D eigenvalue weighted by molar-refractivity contribution is 5.93. The molecule has 0 aliphatic rings. The summed E-state index contributed by atoms with van der Waals surface area (Å²) in [6, 6.07) is 22.4. The maximum absolute atomic E-state index is 13.9. The Morgan fingerprint density at radius 3 is 2.30 bits per heavy atom. The van der Waals surface area contributed by atoms with E-state index in [1.54, 1.807) is 69.3 Å². The fourth-order valence-electron chi connectivity index (χ4n) is 4.07. The molecule has 0 saturated carbocycles. The van der Waals surface area contributed by atoms with Crippen molar-refractivity contribution in [2.24, 2.45) is 0 Å². The first kappa shape index (κ1) is 25.6. The summed E-state index contributed by atoms with van der Waals surface area (Å²) in [6.07, 6.45) is -0.325. The van der Waals surface area contributed by atoms with E-state index in [1.807, 2.05) is 30.3 Å². The van der Waals surface area contributed by atoms with Gasteiger partial charge in [-0.25, -0.2) is 14.6 Å². The molecule has 0 aliphatic carbocycles. The minimum absolute atomic E-state index is 0.196. The van der Waals surface area contributed by atoms with E-state index >= 15 is 0 Å². The number of nitrogens with zero attached hydrogens (tertiary/aromatic N) is 2. The summed E-state index contributed by atoms with van der Waals surface area (Å²) >= 11 is 0. The van der Waals surface area contributed by atoms with E-state index in [4.69, 9.17) is 14.5 Å². The van der Waals surface area contributed by atoms with Crippen molar-refractivity contribution in [3.63, 3.8) is 0 Å². The molecule has 1 aromatic heterocycles. The number of rotatable bonds is 6. The van der Waals surface area contributed by atoms with Crippen LogP contribution in [0.1, 0.15) is 48.6 Å². The third-order valence-electron chi connectivity index (χ3n) is 5.64. The van der Waals surface area contributed by atoms with Gasteiger partial charge in [0.25, 0.3) is 5.56 Å². The van der Waals surface area contributed by atoms with Gasteiger partial charge < -0.3 is 14.8 Å². The van der Waals surface area contributed by atoms with Gasteiger partial charge in [0.2, 0.25) is 0 Å². The Morgan fingerprint density at radius 1 is 0.946 bits per heavy atom. The van der Waals surface area contributed by atoms with Crippen LogP contribution in [0.2, 0.25) is 0 Å². The second kappa shape index (κ2) is 10.7. The monoisotopic (exact) mass is 499 g/mol. The SMILES string of the molecule is COC(=O)c1ccccc1-n1c([C@H](Cc2ccccc2)NC(=O)OC(C)(C)C)nc2ccccc2c1=O. The highest BCUT2D eigenvalue weighted by Crippen LogP contribution is 2.24. The Morgan fingerprint density at radius 2 is 1.59 bits per heavy atom. The molecule has 37 heavy (non-hydrogen) atoms. The molecule has 0 radical (unpaired) electrons. The third kappa shape index (κ3) is 5.86. The predicted molar refractivity (Wildman–Crippen MR) is 141 cm³/mol. The topological polar surface area (TPSA) is 99.5 Å². The van der Waals surface area contributed by atoms with Gasteiger partial charge in [0.05, 0.1) is 35.3 Å². The number of aromatic nitrogens is 2. The number of carbonyl (C=O) groups is 2. The molecule has 4 rings (SSSR count). The lowest BCUT2D eigenvalue weighted by molar-refractivity contribution is 0.0499. The van der Waals surface area contributed by atoms with E-state index in [0.717, 1.165) is 5.56 Å². The van der Waals surface area contributed by atoms with Crippen molar-refractivity contribution in [2.75, 3.05) is 7.11 Å². The van der Waals surface area contributed by atoms with Crippen molar-refractivity contribution in [1.82, 2.24) is 14.9 Å². The maximum atomic E-state index is 13.9. The fraction of sp³-hybridized carbons (Fsp3) is 0.241. The Labute approximate surface area is 214 Å². The van der Waals surface area contributed by atoms with Gasteiger partial charge in [-0.05, 0) is 50.6 Å². The number of amides is 1. The van der Waals surface area contributed by atoms with Crippen LogP contribution in [0.5, 0.6) is 0 Å². The predicted octanol–water partition coefficient (Wildman–Crippen LogP) is 4.98. The Kier molecular flexibility index (Phi) is 7.38. The summed E-state index contributed by atoms with van der Waals surface area (Å²) in [5, 5.41) is 3.28. The number of carbonyl (C=O) groups excluding carboxylic acids is 2. The molecule has 1 atom stereocenters. The highest BCUT2D eigenvalue weighted by atomic mass is 16.6. The second-order valence-corrected chi connectivity index (χ2v) is 9.52. The van der Waals surface area contributed by atoms with Crippen LogP contribution >= 0.6 is 0 Å². The second-order valence-electron chi connectivity index (χ2n) is 9.52. The molecule has 0 saturated heterocycles. The summed E-state index contributed by atoms with van der Waals surface area (Å²) in [7, 11) is 1.28. The van der Waals surface area contributed by atoms with Crippen LogP contribution in [-0.4, -0.2) is 34.3 Å². The van der Waals surface area contributed by atoms with E-state index in [1.165, 1.54) is 11.7 Å². The lowest BCUT2D eigenvalue weighted by Gasteiger charge is -2.26. The molecular formula is C29H29N3O5. The van der Waals surface area contributed by atoms with Gasteiger partial charge in [-0.15, -0.1) is 0 Å². The molecule has 0 bridgehead atoms. The van der Waals surface area contributed by atoms with Crippen molar-refractivity contribution in [3.8, 4) is 5.69 Å². The number of hydrogen-bond donors (Lipinski definition) is 1. The number of fused-ring (bicyclic) bond motifs is 1. The number of ether oxygens (including phenoxy) is 2. The van der Waals surface area contributed by atoms with Crippen molar-refractivity contribution in [2.45, 2.75) is 38.8 Å². The summed E-state index contributed by atoms with van der Waals surface area (Å²) < 4.78 is 11.9. The van der Waals surface area contributed by atoms with Crippen LogP contribution in [0.25, 0.3) is 16.6 Å². The number of hydrogen-bond acceptors (Lipinski definition) is 6. The summed E-state index contributed by atoms with van der Waals surface area (Å²) in [4.78, 5) is 44.3. The zero-order valence-electron chi connectivity index (χ0n) is 21.2. The van der Waals surface area contributed by atoms with Gasteiger partial charge in [-0.1, -0.05) is 54.6 Å². The summed E-state index contributed by atoms with van der Waals surface area (Å²) in [6.45, 7) is 5.32. The van der Waals surface area contributed by atoms with Crippen LogP contribution in [0.3, 0.4) is 0 Å². The number of benzene rings is 3. The van der Waals surface area contributed by atoms with Gasteiger partial charge in [-0.2, -0.15) is 0 Å². The molecule has 1 amide bonds. The zero-order valence-corrected chi connectivity index (χ0v) is 21.2. The first-order chi connectivity index (χ1) is 17.7. The molecule has 1 heterocycles. The molecule has 0 aliphatic heterocycles. The standard InChI is InChI=1S/C29H29N3O5/c1-29(2,3)37-28(35)31-23(18-19-12-6-5-7-13-19)25-30-22-16-10-8-14-20(22)26(33)32(25)24-17-11-9-15-21(24)27(34)36-4/h5-17,23H,18H2,1-4H3,(H,31,35)/t23-/m0/s1. The molecule has 8 nitrogen and oxygen atoms in total. The van der Waals surface area contributed by atoms with E-state index in [2.05, 4.69) is 5.32 Å². The normalized spacial score (nSPS) is 12.1. The summed E-state index contributed by atoms with van der Waals surface area (Å²) in [5.74, 6) is -0.337. The first-order valence-electron chi connectivity index (χ1n) is 11.9. The van der Waals surface area contributed by atoms with Gasteiger partial charge in [0, 0.05) is 6.42 Å². The van der Waals surface area contributed by atoms with Crippen LogP contribution < -0.4 is 10.9 Å². The zero-order chi connectivity index (χ0) is 26.6. The average molecular weight is 500 g/mol. The molecule has 8 heteroatoms. The molecule has 0 unspecified atom stereocenters. The number of alkyl carbamates (subject to hydrolysis) is 1. The highest BCUT2D eigenvalue weighted by Gasteiger charge is 2.27. The van der Waals surface area contributed by atoms with Crippen molar-refractivity contribution < 1.29 is 19.1 Å². The minimum Gasteiger partial charge on any atom is -0.465 e. The minimum atomic E-state index is -0.764. The molecular weight excluding hydrogens is 470 g/mol. The van der Waals surface area contributed by atoms with Crippen LogP contribution in [-0.2, 0) is 15.9 Å². The van der Waals surface area contributed by atoms with E-state index < -0.39 is 23.7 Å². The smallest absolute Gasteiger partial charge is 0.408 e. The average Bonchev–Trinajstić information content (AvgIpc) is 2.87. The molecule has 3 aromatic carbocycles. The Hall–Kier alpha value is -4.46. The molecule has 0 spiro atoms. The van der Waals surface area contributed by atoms with E-state index in [9.17, 15) is 14.4 Å². The van der Waals surface area contributed by atoms with Gasteiger partial charge in [0.15, 0.2) is 0 Å². The Balaban J connectivity index is 1.97. The van der Waals surface area contributed by atoms with Crippen LogP contribution in [0, 0.1) is 0 Å². The van der Waals surface area contributed by atoms with Gasteiger partial charge >= 0.3 is 12.1 Å².